The smallest absolute Gasteiger partial charge is 0.310 e. The maximum absolute atomic E-state index is 11.7. The summed E-state index contributed by atoms with van der Waals surface area (Å²) in [4.78, 5) is 14.7. The summed E-state index contributed by atoms with van der Waals surface area (Å²) in [7, 11) is 0. The van der Waals surface area contributed by atoms with Gasteiger partial charge in [0.1, 0.15) is 11.3 Å². The molecule has 0 unspecified atom stereocenters. The summed E-state index contributed by atoms with van der Waals surface area (Å²) in [6.07, 6.45) is 0.260. The molecule has 0 aliphatic heterocycles. The van der Waals surface area contributed by atoms with Crippen LogP contribution in [-0.4, -0.2) is 17.4 Å². The standard InChI is InChI=1S/C14H20N2O2.ClH/c1-10(15)16-12-7-5-6-11(8-12)9-13(17)18-14(2,3)4;/h5-8H,9H2,1-4H3,(H2,15,16);1H. The van der Waals surface area contributed by atoms with Gasteiger partial charge < -0.3 is 17.1 Å². The van der Waals surface area contributed by atoms with Gasteiger partial charge in [-0.15, -0.1) is 0 Å². The number of benzene rings is 1. The summed E-state index contributed by atoms with van der Waals surface area (Å²) < 4.78 is 5.27. The largest absolute Gasteiger partial charge is 1.00 e. The zero-order valence-electron chi connectivity index (χ0n) is 11.8. The second kappa shape index (κ2) is 7.14. The minimum atomic E-state index is -0.450. The topological polar surface area (TPSA) is 66.3 Å². The van der Waals surface area contributed by atoms with Crippen molar-refractivity contribution in [3.63, 3.8) is 0 Å². The van der Waals surface area contributed by atoms with E-state index in [2.05, 4.69) is 4.99 Å². The molecule has 4 nitrogen and oxygen atoms in total. The van der Waals surface area contributed by atoms with Crippen LogP contribution in [0, 0.1) is 0 Å². The van der Waals surface area contributed by atoms with Gasteiger partial charge in [0.05, 0.1) is 6.42 Å². The van der Waals surface area contributed by atoms with E-state index < -0.39 is 5.60 Å². The minimum Gasteiger partial charge on any atom is -1.00 e. The molecule has 0 atom stereocenters. The Hall–Kier alpha value is -1.55. The zero-order valence-corrected chi connectivity index (χ0v) is 12.5. The molecule has 1 rings (SSSR count). The highest BCUT2D eigenvalue weighted by atomic mass is 35.5. The number of nitrogens with one attached hydrogen (secondary N) is 1. The molecular weight excluding hydrogens is 264 g/mol. The number of esters is 1. The molecule has 0 aromatic heterocycles. The van der Waals surface area contributed by atoms with Crippen molar-refractivity contribution in [2.75, 3.05) is 0 Å². The Balaban J connectivity index is 0.00000324. The van der Waals surface area contributed by atoms with E-state index >= 15 is 0 Å². The number of nitrogens with two attached hydrogens (primary N) is 1. The third kappa shape index (κ3) is 7.47. The molecule has 106 valence electrons. The molecule has 1 aromatic carbocycles. The average Bonchev–Trinajstić information content (AvgIpc) is 2.13. The van der Waals surface area contributed by atoms with Crippen molar-refractivity contribution in [3.05, 3.63) is 29.8 Å². The lowest BCUT2D eigenvalue weighted by Gasteiger charge is -2.19. The summed E-state index contributed by atoms with van der Waals surface area (Å²) in [6, 6.07) is 7.56. The van der Waals surface area contributed by atoms with Gasteiger partial charge in [-0.3, -0.25) is 10.5 Å². The van der Waals surface area contributed by atoms with E-state index in [0.717, 1.165) is 11.3 Å². The van der Waals surface area contributed by atoms with Crippen molar-refractivity contribution in [2.24, 2.45) is 5.73 Å². The molecule has 0 spiro atoms. The Kier molecular flexibility index (Phi) is 6.56. The molecule has 19 heavy (non-hydrogen) atoms. The Bertz CT molecular complexity index is 461. The normalized spacial score (nSPS) is 11.7. The molecule has 0 fully saturated rings. The fraction of sp³-hybridized carbons (Fsp3) is 0.429. The number of amidine groups is 1. The third-order valence-corrected chi connectivity index (χ3v) is 2.04. The molecular formula is C14H21ClN2O2. The molecule has 3 N–H and O–H groups in total. The van der Waals surface area contributed by atoms with Gasteiger partial charge in [-0.05, 0) is 38.5 Å². The lowest BCUT2D eigenvalue weighted by Crippen LogP contribution is -3.00. The van der Waals surface area contributed by atoms with E-state index in [9.17, 15) is 4.79 Å². The number of carbonyl (C=O) groups is 1. The fourth-order valence-electron chi connectivity index (χ4n) is 1.53. The van der Waals surface area contributed by atoms with Crippen molar-refractivity contribution >= 4 is 17.5 Å². The zero-order chi connectivity index (χ0) is 13.8. The molecule has 1 aromatic rings. The number of hydrogen-bond acceptors (Lipinski definition) is 2. The first-order chi connectivity index (χ1) is 8.26. The van der Waals surface area contributed by atoms with Crippen molar-refractivity contribution < 1.29 is 26.9 Å². The Morgan fingerprint density at radius 1 is 1.37 bits per heavy atom. The van der Waals surface area contributed by atoms with E-state index in [1.54, 1.807) is 6.92 Å². The van der Waals surface area contributed by atoms with Crippen LogP contribution < -0.4 is 23.1 Å². The van der Waals surface area contributed by atoms with Gasteiger partial charge >= 0.3 is 5.97 Å². The van der Waals surface area contributed by atoms with Crippen LogP contribution in [0.1, 0.15) is 33.3 Å². The van der Waals surface area contributed by atoms with Gasteiger partial charge in [0.15, 0.2) is 0 Å². The van der Waals surface area contributed by atoms with Crippen LogP contribution in [0.25, 0.3) is 0 Å². The molecule has 0 radical (unpaired) electrons. The summed E-state index contributed by atoms with van der Waals surface area (Å²) in [6.45, 7) is 7.35. The maximum atomic E-state index is 11.7. The van der Waals surface area contributed by atoms with Gasteiger partial charge in [-0.2, -0.15) is 0 Å². The van der Waals surface area contributed by atoms with E-state index in [1.165, 1.54) is 0 Å². The Morgan fingerprint density at radius 2 is 2.00 bits per heavy atom. The number of halogens is 1. The molecule has 0 amide bonds. The van der Waals surface area contributed by atoms with E-state index in [1.807, 2.05) is 45.0 Å². The van der Waals surface area contributed by atoms with Crippen LogP contribution in [-0.2, 0) is 16.0 Å². The molecule has 0 saturated heterocycles. The van der Waals surface area contributed by atoms with Crippen LogP contribution in [0.4, 0.5) is 5.69 Å². The fourth-order valence-corrected chi connectivity index (χ4v) is 1.53. The van der Waals surface area contributed by atoms with E-state index in [0.29, 0.717) is 5.84 Å². The molecule has 0 heterocycles. The maximum Gasteiger partial charge on any atom is 0.310 e. The number of rotatable bonds is 3. The van der Waals surface area contributed by atoms with Crippen molar-refractivity contribution in [1.29, 1.82) is 0 Å². The number of carbonyl (C=O) groups excluding carboxylic acids is 1. The van der Waals surface area contributed by atoms with Crippen molar-refractivity contribution in [1.82, 2.24) is 0 Å². The SMILES string of the molecule is CC(N)=[NH+]c1cccc(CC(=O)OC(C)(C)C)c1.[Cl-]. The second-order valence-electron chi connectivity index (χ2n) is 5.27. The molecule has 5 heteroatoms. The molecule has 0 saturated carbocycles. The van der Waals surface area contributed by atoms with Gasteiger partial charge in [0, 0.05) is 6.92 Å². The number of hydrogen-bond donors (Lipinski definition) is 2. The molecule has 0 bridgehead atoms. The van der Waals surface area contributed by atoms with Gasteiger partial charge in [0.25, 0.3) is 0 Å². The summed E-state index contributed by atoms with van der Waals surface area (Å²) >= 11 is 0. The van der Waals surface area contributed by atoms with Crippen LogP contribution in [0.3, 0.4) is 0 Å². The number of ether oxygens (including phenoxy) is 1. The molecule has 0 aliphatic carbocycles. The highest BCUT2D eigenvalue weighted by molar-refractivity contribution is 5.74. The average molecular weight is 285 g/mol. The first-order valence-corrected chi connectivity index (χ1v) is 5.93. The van der Waals surface area contributed by atoms with Crippen LogP contribution in [0.15, 0.2) is 24.3 Å². The first kappa shape index (κ1) is 17.4. The Labute approximate surface area is 120 Å². The van der Waals surface area contributed by atoms with Crippen molar-refractivity contribution in [3.8, 4) is 0 Å². The lowest BCUT2D eigenvalue weighted by atomic mass is 10.1. The van der Waals surface area contributed by atoms with E-state index in [4.69, 9.17) is 10.5 Å². The summed E-state index contributed by atoms with van der Waals surface area (Å²) in [5.74, 6) is 0.387. The first-order valence-electron chi connectivity index (χ1n) is 5.93. The van der Waals surface area contributed by atoms with Gasteiger partial charge in [-0.1, -0.05) is 12.1 Å². The third-order valence-electron chi connectivity index (χ3n) is 2.04. The monoisotopic (exact) mass is 284 g/mol. The second-order valence-corrected chi connectivity index (χ2v) is 5.27. The van der Waals surface area contributed by atoms with Gasteiger partial charge in [0.2, 0.25) is 5.84 Å². The van der Waals surface area contributed by atoms with Crippen LogP contribution in [0.2, 0.25) is 0 Å². The van der Waals surface area contributed by atoms with Crippen molar-refractivity contribution in [2.45, 2.75) is 39.7 Å². The lowest BCUT2D eigenvalue weighted by molar-refractivity contribution is -0.355. The predicted molar refractivity (Wildman–Crippen MR) is 71.5 cm³/mol. The summed E-state index contributed by atoms with van der Waals surface area (Å²) in [5.41, 5.74) is 6.89. The van der Waals surface area contributed by atoms with E-state index in [-0.39, 0.29) is 24.8 Å². The highest BCUT2D eigenvalue weighted by Crippen LogP contribution is 2.11. The minimum absolute atomic E-state index is 0. The highest BCUT2D eigenvalue weighted by Gasteiger charge is 2.16. The van der Waals surface area contributed by atoms with Crippen LogP contribution in [0.5, 0.6) is 0 Å². The van der Waals surface area contributed by atoms with Crippen LogP contribution >= 0.6 is 0 Å². The Morgan fingerprint density at radius 3 is 2.53 bits per heavy atom. The quantitative estimate of drug-likeness (QED) is 0.372. The van der Waals surface area contributed by atoms with Gasteiger partial charge in [-0.25, -0.2) is 4.99 Å². The predicted octanol–water partition coefficient (Wildman–Crippen LogP) is -2.34. The summed E-state index contributed by atoms with van der Waals surface area (Å²) in [5, 5.41) is 0. The molecule has 0 aliphatic rings.